The number of rotatable bonds is 5. The number of halogens is 1. The Morgan fingerprint density at radius 2 is 1.93 bits per heavy atom. The van der Waals surface area contributed by atoms with Crippen LogP contribution in [0.3, 0.4) is 0 Å². The maximum atomic E-state index is 13.2. The molecule has 0 spiro atoms. The Morgan fingerprint density at radius 3 is 2.62 bits per heavy atom. The molecule has 1 saturated carbocycles. The summed E-state index contributed by atoms with van der Waals surface area (Å²) in [6.07, 6.45) is 4.10. The van der Waals surface area contributed by atoms with Crippen LogP contribution in [-0.4, -0.2) is 31.1 Å². The molecule has 2 aromatic carbocycles. The van der Waals surface area contributed by atoms with Crippen molar-refractivity contribution in [2.75, 3.05) is 0 Å². The van der Waals surface area contributed by atoms with Gasteiger partial charge >= 0.3 is 0 Å². The topological polar surface area (TPSA) is 68.0 Å². The number of hydrogen-bond donors (Lipinski definition) is 0. The highest BCUT2D eigenvalue weighted by Gasteiger charge is 2.49. The highest BCUT2D eigenvalue weighted by Crippen LogP contribution is 2.44. The molecule has 4 rings (SSSR count). The van der Waals surface area contributed by atoms with Gasteiger partial charge in [0.1, 0.15) is 17.8 Å². The van der Waals surface area contributed by atoms with Gasteiger partial charge in [0.15, 0.2) is 0 Å². The van der Waals surface area contributed by atoms with Crippen molar-refractivity contribution < 1.29 is 17.9 Å². The molecule has 2 aromatic rings. The molecule has 0 N–H and O–H groups in total. The lowest BCUT2D eigenvalue weighted by Gasteiger charge is -2.26. The Bertz CT molecular complexity index is 1080. The number of carbonyl (C=O) groups is 1. The number of nitrogens with zero attached hydrogens (tertiary/aromatic N) is 2. The summed E-state index contributed by atoms with van der Waals surface area (Å²) in [6, 6.07) is 10.2. The first kappa shape index (κ1) is 19.9. The van der Waals surface area contributed by atoms with Gasteiger partial charge in [-0.15, -0.1) is 0 Å². The zero-order valence-corrected chi connectivity index (χ0v) is 17.1. The van der Waals surface area contributed by atoms with Crippen LogP contribution in [0.25, 0.3) is 4.85 Å². The van der Waals surface area contributed by atoms with Crippen LogP contribution in [0.5, 0.6) is 11.5 Å². The number of carbonyl (C=O) groups excluding carboxylic acids is 1. The number of sulfonamides is 1. The average molecular weight is 431 g/mol. The van der Waals surface area contributed by atoms with Crippen LogP contribution in [0.1, 0.15) is 25.7 Å². The predicted octanol–water partition coefficient (Wildman–Crippen LogP) is 4.81. The number of fused-ring (bicyclic) bond motifs is 1. The van der Waals surface area contributed by atoms with Crippen molar-refractivity contribution >= 4 is 33.6 Å². The molecule has 1 saturated heterocycles. The van der Waals surface area contributed by atoms with Crippen LogP contribution in [0.2, 0.25) is 5.02 Å². The van der Waals surface area contributed by atoms with Crippen LogP contribution < -0.4 is 4.74 Å². The second kappa shape index (κ2) is 7.79. The molecular weight excluding hydrogens is 412 g/mol. The summed E-state index contributed by atoms with van der Waals surface area (Å²) in [5, 5.41) is 0.289. The second-order valence-corrected chi connectivity index (χ2v) is 9.55. The normalized spacial score (nSPS) is 24.1. The third kappa shape index (κ3) is 3.52. The van der Waals surface area contributed by atoms with Crippen LogP contribution in [0.15, 0.2) is 47.4 Å². The largest absolute Gasteiger partial charge is 0.468 e. The van der Waals surface area contributed by atoms with E-state index in [4.69, 9.17) is 22.9 Å². The summed E-state index contributed by atoms with van der Waals surface area (Å²) >= 11 is 6.02. The van der Waals surface area contributed by atoms with E-state index in [1.807, 2.05) is 0 Å². The molecule has 0 amide bonds. The quantitative estimate of drug-likeness (QED) is 0.504. The summed E-state index contributed by atoms with van der Waals surface area (Å²) in [6.45, 7) is 7.25. The molecule has 3 atom stereocenters. The molecule has 2 fully saturated rings. The minimum absolute atomic E-state index is 0.0983. The molecule has 29 heavy (non-hydrogen) atoms. The fourth-order valence-corrected chi connectivity index (χ4v) is 6.43. The molecule has 1 aliphatic carbocycles. The van der Waals surface area contributed by atoms with Gasteiger partial charge in [0.2, 0.25) is 15.7 Å². The van der Waals surface area contributed by atoms with Crippen LogP contribution >= 0.6 is 11.6 Å². The number of para-hydroxylation sites is 1. The summed E-state index contributed by atoms with van der Waals surface area (Å²) in [5.74, 6) is 0.957. The summed E-state index contributed by atoms with van der Waals surface area (Å²) in [5.41, 5.74) is 0.198. The lowest BCUT2D eigenvalue weighted by molar-refractivity contribution is -0.110. The fraction of sp³-hybridized carbons (Fsp3) is 0.333. The van der Waals surface area contributed by atoms with Gasteiger partial charge in [-0.3, -0.25) is 0 Å². The van der Waals surface area contributed by atoms with Crippen molar-refractivity contribution in [1.29, 1.82) is 0 Å². The molecule has 2 aliphatic rings. The van der Waals surface area contributed by atoms with Gasteiger partial charge in [-0.2, -0.15) is 4.31 Å². The minimum atomic E-state index is -3.79. The Kier molecular flexibility index (Phi) is 5.34. The molecule has 0 aromatic heterocycles. The van der Waals surface area contributed by atoms with Crippen molar-refractivity contribution in [3.63, 3.8) is 0 Å². The van der Waals surface area contributed by atoms with E-state index in [1.165, 1.54) is 16.4 Å². The van der Waals surface area contributed by atoms with Crippen molar-refractivity contribution in [2.24, 2.45) is 5.92 Å². The highest BCUT2D eigenvalue weighted by atomic mass is 35.5. The van der Waals surface area contributed by atoms with Crippen molar-refractivity contribution in [3.8, 4) is 11.5 Å². The number of benzene rings is 2. The molecule has 0 unspecified atom stereocenters. The molecule has 0 bridgehead atoms. The monoisotopic (exact) mass is 430 g/mol. The first-order valence-corrected chi connectivity index (χ1v) is 11.2. The maximum Gasteiger partial charge on any atom is 0.246 e. The van der Waals surface area contributed by atoms with E-state index in [1.54, 1.807) is 30.3 Å². The Morgan fingerprint density at radius 1 is 1.17 bits per heavy atom. The van der Waals surface area contributed by atoms with E-state index in [0.717, 1.165) is 25.5 Å². The summed E-state index contributed by atoms with van der Waals surface area (Å²) in [7, 11) is -3.79. The van der Waals surface area contributed by atoms with E-state index in [-0.39, 0.29) is 27.6 Å². The molecular formula is C21H19ClN2O4S. The van der Waals surface area contributed by atoms with E-state index < -0.39 is 16.1 Å². The predicted molar refractivity (Wildman–Crippen MR) is 109 cm³/mol. The zero-order valence-electron chi connectivity index (χ0n) is 15.5. The van der Waals surface area contributed by atoms with E-state index >= 15 is 0 Å². The molecule has 1 aliphatic heterocycles. The lowest BCUT2D eigenvalue weighted by atomic mass is 10.0. The van der Waals surface area contributed by atoms with E-state index in [2.05, 4.69) is 4.85 Å². The van der Waals surface area contributed by atoms with E-state index in [9.17, 15) is 13.2 Å². The van der Waals surface area contributed by atoms with Gasteiger partial charge in [0, 0.05) is 6.04 Å². The van der Waals surface area contributed by atoms with Gasteiger partial charge < -0.3 is 9.53 Å². The Labute approximate surface area is 174 Å². The molecule has 6 nitrogen and oxygen atoms in total. The first-order chi connectivity index (χ1) is 14.0. The molecule has 150 valence electrons. The van der Waals surface area contributed by atoms with E-state index in [0.29, 0.717) is 17.9 Å². The summed E-state index contributed by atoms with van der Waals surface area (Å²) < 4.78 is 33.6. The van der Waals surface area contributed by atoms with Crippen molar-refractivity contribution in [1.82, 2.24) is 4.31 Å². The van der Waals surface area contributed by atoms with Gasteiger partial charge in [-0.25, -0.2) is 13.3 Å². The fourth-order valence-electron chi connectivity index (χ4n) is 4.37. The SMILES string of the molecule is [C-]#[N+]c1c(Cl)cccc1Oc1ccc(S(=O)(=O)N2[C@@H]3CCC[C@@H]3C[C@@H]2C=O)cc1. The smallest absolute Gasteiger partial charge is 0.246 e. The number of aldehydes is 1. The lowest BCUT2D eigenvalue weighted by Crippen LogP contribution is -2.41. The zero-order chi connectivity index (χ0) is 20.6. The highest BCUT2D eigenvalue weighted by molar-refractivity contribution is 7.89. The standard InChI is InChI=1S/C21H19ClN2O4S/c1-23-21-18(22)5-3-7-20(21)28-16-8-10-17(11-9-16)29(26,27)24-15(13-25)12-14-4-2-6-19(14)24/h3,5,7-11,13-15,19H,2,4,6,12H2/t14-,15-,19-/m1/s1. The second-order valence-electron chi connectivity index (χ2n) is 7.30. The van der Waals surface area contributed by atoms with Crippen LogP contribution in [0.4, 0.5) is 5.69 Å². The minimum Gasteiger partial charge on any atom is -0.468 e. The Balaban J connectivity index is 1.60. The number of hydrogen-bond acceptors (Lipinski definition) is 4. The van der Waals surface area contributed by atoms with Gasteiger partial charge in [0.25, 0.3) is 0 Å². The molecule has 1 heterocycles. The molecule has 0 radical (unpaired) electrons. The van der Waals surface area contributed by atoms with Crippen LogP contribution in [-0.2, 0) is 14.8 Å². The number of ether oxygens (including phenoxy) is 1. The third-order valence-electron chi connectivity index (χ3n) is 5.66. The van der Waals surface area contributed by atoms with Crippen LogP contribution in [0, 0.1) is 12.5 Å². The summed E-state index contributed by atoms with van der Waals surface area (Å²) in [4.78, 5) is 15.0. The first-order valence-electron chi connectivity index (χ1n) is 9.38. The van der Waals surface area contributed by atoms with Gasteiger partial charge in [-0.1, -0.05) is 30.2 Å². The third-order valence-corrected chi connectivity index (χ3v) is 7.93. The Hall–Kier alpha value is -2.40. The maximum absolute atomic E-state index is 13.2. The average Bonchev–Trinajstić information content (AvgIpc) is 3.29. The van der Waals surface area contributed by atoms with Crippen molar-refractivity contribution in [3.05, 3.63) is 58.9 Å². The van der Waals surface area contributed by atoms with Crippen molar-refractivity contribution in [2.45, 2.75) is 42.7 Å². The molecule has 8 heteroatoms. The van der Waals surface area contributed by atoms with Gasteiger partial charge in [0.05, 0.1) is 22.5 Å². The van der Waals surface area contributed by atoms with Gasteiger partial charge in [-0.05, 0) is 55.5 Å².